The highest BCUT2D eigenvalue weighted by Crippen LogP contribution is 2.07. The smallest absolute Gasteiger partial charge is 0.304 e. The third kappa shape index (κ3) is 8.31. The van der Waals surface area contributed by atoms with Crippen LogP contribution in [-0.4, -0.2) is 85.8 Å². The van der Waals surface area contributed by atoms with Gasteiger partial charge in [-0.25, -0.2) is 0 Å². The lowest BCUT2D eigenvalue weighted by Gasteiger charge is -2.34. The number of nitrogens with one attached hydrogen (secondary N) is 1. The summed E-state index contributed by atoms with van der Waals surface area (Å²) in [6.07, 6.45) is 0.0698. The van der Waals surface area contributed by atoms with Crippen LogP contribution in [0.25, 0.3) is 0 Å². The van der Waals surface area contributed by atoms with Crippen molar-refractivity contribution in [1.82, 2.24) is 15.1 Å². The second-order valence-corrected chi connectivity index (χ2v) is 6.33. The molecular weight excluding hydrogens is 286 g/mol. The molecule has 0 aliphatic carbocycles. The number of likely N-dealkylation sites (N-methyl/N-ethyl adjacent to an activating group) is 1. The minimum atomic E-state index is -0.854. The molecule has 0 spiro atoms. The van der Waals surface area contributed by atoms with Crippen molar-refractivity contribution in [2.24, 2.45) is 5.92 Å². The average molecular weight is 315 g/mol. The van der Waals surface area contributed by atoms with Gasteiger partial charge in [0, 0.05) is 32.7 Å². The van der Waals surface area contributed by atoms with Crippen molar-refractivity contribution in [3.8, 4) is 0 Å². The zero-order valence-corrected chi connectivity index (χ0v) is 13.9. The van der Waals surface area contributed by atoms with Crippen LogP contribution in [0.4, 0.5) is 0 Å². The molecule has 0 saturated carbocycles. The summed E-state index contributed by atoms with van der Waals surface area (Å²) in [5.74, 6) is -0.332. The van der Waals surface area contributed by atoms with Gasteiger partial charge in [0.2, 0.25) is 5.91 Å². The van der Waals surface area contributed by atoms with E-state index in [4.69, 9.17) is 9.84 Å². The van der Waals surface area contributed by atoms with Crippen molar-refractivity contribution in [2.75, 3.05) is 52.9 Å². The van der Waals surface area contributed by atoms with Crippen LogP contribution in [0.1, 0.15) is 20.3 Å². The van der Waals surface area contributed by atoms with Gasteiger partial charge in [0.25, 0.3) is 0 Å². The van der Waals surface area contributed by atoms with E-state index in [0.717, 1.165) is 19.6 Å². The van der Waals surface area contributed by atoms with E-state index in [9.17, 15) is 9.59 Å². The van der Waals surface area contributed by atoms with E-state index in [1.54, 1.807) is 11.9 Å². The SMILES string of the molecule is CC(C)CN1CCOC(CNC(=O)CN(C)CCC(=O)O)C1. The zero-order chi connectivity index (χ0) is 16.5. The molecule has 128 valence electrons. The van der Waals surface area contributed by atoms with Crippen molar-refractivity contribution < 1.29 is 19.4 Å². The number of amides is 1. The molecule has 1 rings (SSSR count). The summed E-state index contributed by atoms with van der Waals surface area (Å²) in [4.78, 5) is 26.4. The van der Waals surface area contributed by atoms with Crippen molar-refractivity contribution in [2.45, 2.75) is 26.4 Å². The van der Waals surface area contributed by atoms with Gasteiger partial charge in [0.1, 0.15) is 0 Å². The minimum absolute atomic E-state index is 0.0285. The number of carboxylic acids is 1. The molecule has 1 saturated heterocycles. The second-order valence-electron chi connectivity index (χ2n) is 6.33. The molecule has 7 nitrogen and oxygen atoms in total. The number of morpholine rings is 1. The van der Waals surface area contributed by atoms with Gasteiger partial charge in [-0.1, -0.05) is 13.8 Å². The average Bonchev–Trinajstić information content (AvgIpc) is 2.42. The van der Waals surface area contributed by atoms with Gasteiger partial charge in [-0.05, 0) is 13.0 Å². The number of carbonyl (C=O) groups excluding carboxylic acids is 1. The summed E-state index contributed by atoms with van der Waals surface area (Å²) in [5.41, 5.74) is 0. The van der Waals surface area contributed by atoms with Crippen molar-refractivity contribution in [1.29, 1.82) is 0 Å². The highest BCUT2D eigenvalue weighted by atomic mass is 16.5. The molecule has 0 aromatic rings. The molecule has 1 heterocycles. The minimum Gasteiger partial charge on any atom is -0.481 e. The Morgan fingerprint density at radius 1 is 1.45 bits per heavy atom. The monoisotopic (exact) mass is 315 g/mol. The predicted molar refractivity (Wildman–Crippen MR) is 83.8 cm³/mol. The molecule has 1 unspecified atom stereocenters. The first-order valence-electron chi connectivity index (χ1n) is 7.87. The summed E-state index contributed by atoms with van der Waals surface area (Å²) >= 11 is 0. The van der Waals surface area contributed by atoms with Gasteiger partial charge >= 0.3 is 5.97 Å². The van der Waals surface area contributed by atoms with Crippen LogP contribution in [0.3, 0.4) is 0 Å². The predicted octanol–water partition coefficient (Wildman–Crippen LogP) is -0.134. The highest BCUT2D eigenvalue weighted by molar-refractivity contribution is 5.78. The van der Waals surface area contributed by atoms with E-state index >= 15 is 0 Å². The fourth-order valence-corrected chi connectivity index (χ4v) is 2.48. The zero-order valence-electron chi connectivity index (χ0n) is 13.9. The number of carboxylic acid groups (broad SMARTS) is 1. The van der Waals surface area contributed by atoms with Crippen molar-refractivity contribution >= 4 is 11.9 Å². The quantitative estimate of drug-likeness (QED) is 0.617. The van der Waals surface area contributed by atoms with Crippen LogP contribution in [0.5, 0.6) is 0 Å². The highest BCUT2D eigenvalue weighted by Gasteiger charge is 2.21. The van der Waals surface area contributed by atoms with Crippen molar-refractivity contribution in [3.63, 3.8) is 0 Å². The lowest BCUT2D eigenvalue weighted by Crippen LogP contribution is -2.49. The van der Waals surface area contributed by atoms with Crippen LogP contribution < -0.4 is 5.32 Å². The molecule has 1 aliphatic rings. The first-order valence-corrected chi connectivity index (χ1v) is 7.87. The van der Waals surface area contributed by atoms with Crippen LogP contribution >= 0.6 is 0 Å². The molecule has 1 amide bonds. The molecule has 0 aromatic heterocycles. The molecular formula is C15H29N3O4. The Morgan fingerprint density at radius 3 is 2.82 bits per heavy atom. The fourth-order valence-electron chi connectivity index (χ4n) is 2.48. The Bertz CT molecular complexity index is 363. The van der Waals surface area contributed by atoms with Gasteiger partial charge in [0.05, 0.1) is 25.7 Å². The van der Waals surface area contributed by atoms with E-state index in [2.05, 4.69) is 24.1 Å². The number of aliphatic carboxylic acids is 1. The maximum absolute atomic E-state index is 11.8. The number of carbonyl (C=O) groups is 2. The molecule has 1 fully saturated rings. The summed E-state index contributed by atoms with van der Waals surface area (Å²) in [5, 5.41) is 11.5. The summed E-state index contributed by atoms with van der Waals surface area (Å²) in [6, 6.07) is 0. The number of ether oxygens (including phenoxy) is 1. The lowest BCUT2D eigenvalue weighted by atomic mass is 10.2. The molecule has 1 aliphatic heterocycles. The molecule has 7 heteroatoms. The third-order valence-electron chi connectivity index (χ3n) is 3.49. The molecule has 2 N–H and O–H groups in total. The van der Waals surface area contributed by atoms with Crippen molar-refractivity contribution in [3.05, 3.63) is 0 Å². The van der Waals surface area contributed by atoms with E-state index in [0.29, 0.717) is 25.6 Å². The Balaban J connectivity index is 2.21. The van der Waals surface area contributed by atoms with Gasteiger partial charge in [-0.2, -0.15) is 0 Å². The van der Waals surface area contributed by atoms with Gasteiger partial charge in [-0.3, -0.25) is 19.4 Å². The van der Waals surface area contributed by atoms with Crippen LogP contribution in [0, 0.1) is 5.92 Å². The Labute approximate surface area is 132 Å². The van der Waals surface area contributed by atoms with E-state index in [1.165, 1.54) is 0 Å². The molecule has 0 aromatic carbocycles. The molecule has 1 atom stereocenters. The maximum Gasteiger partial charge on any atom is 0.304 e. The lowest BCUT2D eigenvalue weighted by molar-refractivity contribution is -0.137. The standard InChI is InChI=1S/C15H29N3O4/c1-12(2)9-18-6-7-22-13(10-18)8-16-14(19)11-17(3)5-4-15(20)21/h12-13H,4-11H2,1-3H3,(H,16,19)(H,20,21). The number of nitrogens with zero attached hydrogens (tertiary/aromatic N) is 2. The van der Waals surface area contributed by atoms with Gasteiger partial charge in [0.15, 0.2) is 0 Å². The number of hydrogen-bond donors (Lipinski definition) is 2. The summed E-state index contributed by atoms with van der Waals surface area (Å²) in [7, 11) is 1.74. The Kier molecular flexibility index (Phi) is 8.37. The van der Waals surface area contributed by atoms with E-state index in [-0.39, 0.29) is 25.0 Å². The normalized spacial score (nSPS) is 19.6. The maximum atomic E-state index is 11.8. The third-order valence-corrected chi connectivity index (χ3v) is 3.49. The van der Waals surface area contributed by atoms with E-state index < -0.39 is 5.97 Å². The van der Waals surface area contributed by atoms with Gasteiger partial charge < -0.3 is 15.2 Å². The van der Waals surface area contributed by atoms with Crippen LogP contribution in [0.15, 0.2) is 0 Å². The number of rotatable bonds is 9. The molecule has 22 heavy (non-hydrogen) atoms. The first-order chi connectivity index (χ1) is 10.4. The second kappa shape index (κ2) is 9.76. The Hall–Kier alpha value is -1.18. The summed E-state index contributed by atoms with van der Waals surface area (Å²) < 4.78 is 5.68. The molecule has 0 bridgehead atoms. The fraction of sp³-hybridized carbons (Fsp3) is 0.867. The largest absolute Gasteiger partial charge is 0.481 e. The summed E-state index contributed by atoms with van der Waals surface area (Å²) in [6.45, 7) is 8.99. The first kappa shape index (κ1) is 18.9. The van der Waals surface area contributed by atoms with Gasteiger partial charge in [-0.15, -0.1) is 0 Å². The van der Waals surface area contributed by atoms with Crippen LogP contribution in [0.2, 0.25) is 0 Å². The topological polar surface area (TPSA) is 82.1 Å². The van der Waals surface area contributed by atoms with Crippen LogP contribution in [-0.2, 0) is 14.3 Å². The Morgan fingerprint density at radius 2 is 2.18 bits per heavy atom. The molecule has 0 radical (unpaired) electrons. The van der Waals surface area contributed by atoms with E-state index in [1.807, 2.05) is 0 Å². The number of hydrogen-bond acceptors (Lipinski definition) is 5.